The van der Waals surface area contributed by atoms with Gasteiger partial charge in [-0.3, -0.25) is 0 Å². The molecule has 0 saturated heterocycles. The molecule has 1 atom stereocenters. The van der Waals surface area contributed by atoms with Gasteiger partial charge in [-0.05, 0) is 37.0 Å². The van der Waals surface area contributed by atoms with Crippen LogP contribution in [-0.4, -0.2) is 20.1 Å². The topological polar surface area (TPSA) is 50.1 Å². The lowest BCUT2D eigenvalue weighted by molar-refractivity contribution is 0.624. The third-order valence-corrected chi connectivity index (χ3v) is 2.24. The zero-order valence-corrected chi connectivity index (χ0v) is 10.6. The number of benzene rings is 1. The smallest absolute Gasteiger partial charge is 0.123 e. The molecule has 1 aromatic carbocycles. The number of halogens is 1. The maximum atomic E-state index is 12.7. The molecular formula is C14H20FN3. The van der Waals surface area contributed by atoms with E-state index in [9.17, 15) is 4.39 Å². The molecule has 0 saturated carbocycles. The van der Waals surface area contributed by atoms with Gasteiger partial charge in [0.1, 0.15) is 5.82 Å². The van der Waals surface area contributed by atoms with Crippen molar-refractivity contribution in [2.24, 2.45) is 5.73 Å². The second-order valence-electron chi connectivity index (χ2n) is 3.42. The molecule has 0 aromatic heterocycles. The van der Waals surface area contributed by atoms with Crippen molar-refractivity contribution in [3.63, 3.8) is 0 Å². The summed E-state index contributed by atoms with van der Waals surface area (Å²) in [7, 11) is 1.86. The molecule has 18 heavy (non-hydrogen) atoms. The predicted octanol–water partition coefficient (Wildman–Crippen LogP) is 1.40. The number of hydrogen-bond donors (Lipinski definition) is 3. The van der Waals surface area contributed by atoms with Gasteiger partial charge in [0.15, 0.2) is 0 Å². The van der Waals surface area contributed by atoms with E-state index in [4.69, 9.17) is 5.73 Å². The monoisotopic (exact) mass is 249 g/mol. The van der Waals surface area contributed by atoms with Crippen LogP contribution in [0.2, 0.25) is 0 Å². The van der Waals surface area contributed by atoms with Crippen LogP contribution in [0.25, 0.3) is 0 Å². The Morgan fingerprint density at radius 2 is 1.94 bits per heavy atom. The Labute approximate surface area is 108 Å². The lowest BCUT2D eigenvalue weighted by atomic mass is 10.1. The number of nitrogens with two attached hydrogens (primary N) is 1. The Morgan fingerprint density at radius 1 is 1.33 bits per heavy atom. The van der Waals surface area contributed by atoms with Gasteiger partial charge in [0.05, 0.1) is 6.04 Å². The summed E-state index contributed by atoms with van der Waals surface area (Å²) in [5.41, 5.74) is 6.37. The molecule has 0 amide bonds. The molecule has 0 spiro atoms. The van der Waals surface area contributed by atoms with E-state index < -0.39 is 0 Å². The quantitative estimate of drug-likeness (QED) is 0.527. The first-order valence-electron chi connectivity index (χ1n) is 5.64. The van der Waals surface area contributed by atoms with Gasteiger partial charge in [0.2, 0.25) is 0 Å². The fraction of sp³-hybridized carbons (Fsp3) is 0.286. The predicted molar refractivity (Wildman–Crippen MR) is 74.3 cm³/mol. The third kappa shape index (κ3) is 6.04. The van der Waals surface area contributed by atoms with Crippen LogP contribution in [0.3, 0.4) is 0 Å². The average molecular weight is 249 g/mol. The summed E-state index contributed by atoms with van der Waals surface area (Å²) in [4.78, 5) is 0. The Kier molecular flexibility index (Phi) is 9.28. The number of hydrogen-bond acceptors (Lipinski definition) is 3. The zero-order chi connectivity index (χ0) is 13.8. The van der Waals surface area contributed by atoms with Crippen molar-refractivity contribution in [2.75, 3.05) is 20.1 Å². The van der Waals surface area contributed by atoms with Gasteiger partial charge >= 0.3 is 0 Å². The Balaban J connectivity index is 0.00000137. The van der Waals surface area contributed by atoms with E-state index in [0.29, 0.717) is 6.54 Å². The number of nitrogens with one attached hydrogen (secondary N) is 2. The molecule has 0 aliphatic rings. The number of terminal acetylenes is 1. The van der Waals surface area contributed by atoms with Crippen LogP contribution in [0, 0.1) is 18.7 Å². The van der Waals surface area contributed by atoms with Gasteiger partial charge in [-0.25, -0.2) is 4.39 Å². The third-order valence-electron chi connectivity index (χ3n) is 2.24. The molecule has 0 heterocycles. The fourth-order valence-electron chi connectivity index (χ4n) is 1.38. The highest BCUT2D eigenvalue weighted by molar-refractivity contribution is 5.23. The van der Waals surface area contributed by atoms with Gasteiger partial charge in [0, 0.05) is 13.1 Å². The van der Waals surface area contributed by atoms with E-state index in [2.05, 4.69) is 23.5 Å². The van der Waals surface area contributed by atoms with Gasteiger partial charge in [-0.1, -0.05) is 12.1 Å². The van der Waals surface area contributed by atoms with Crippen LogP contribution in [0.4, 0.5) is 4.39 Å². The van der Waals surface area contributed by atoms with Crippen molar-refractivity contribution in [3.8, 4) is 12.8 Å². The molecule has 4 heteroatoms. The highest BCUT2D eigenvalue weighted by Gasteiger charge is 2.04. The van der Waals surface area contributed by atoms with Gasteiger partial charge in [-0.15, -0.1) is 12.8 Å². The lowest BCUT2D eigenvalue weighted by Gasteiger charge is -2.12. The second-order valence-corrected chi connectivity index (χ2v) is 3.42. The molecule has 0 aliphatic heterocycles. The number of likely N-dealkylation sites (N-methyl/N-ethyl adjacent to an activating group) is 1. The molecule has 0 radical (unpaired) electrons. The molecule has 4 N–H and O–H groups in total. The van der Waals surface area contributed by atoms with Crippen molar-refractivity contribution in [2.45, 2.75) is 6.04 Å². The first kappa shape index (κ1) is 16.2. The fourth-order valence-corrected chi connectivity index (χ4v) is 1.38. The molecule has 0 fully saturated rings. The highest BCUT2D eigenvalue weighted by atomic mass is 19.1. The normalized spacial score (nSPS) is 11.6. The molecule has 0 bridgehead atoms. The van der Waals surface area contributed by atoms with E-state index in [1.165, 1.54) is 12.1 Å². The highest BCUT2D eigenvalue weighted by Crippen LogP contribution is 2.13. The van der Waals surface area contributed by atoms with Crippen LogP contribution in [-0.2, 0) is 0 Å². The van der Waals surface area contributed by atoms with Crippen molar-refractivity contribution >= 4 is 0 Å². The molecular weight excluding hydrogens is 229 g/mol. The maximum absolute atomic E-state index is 12.7. The van der Waals surface area contributed by atoms with Crippen LogP contribution >= 0.6 is 0 Å². The zero-order valence-electron chi connectivity index (χ0n) is 10.6. The summed E-state index contributed by atoms with van der Waals surface area (Å²) in [6, 6.07) is 6.53. The van der Waals surface area contributed by atoms with Crippen molar-refractivity contribution < 1.29 is 4.39 Å². The van der Waals surface area contributed by atoms with E-state index in [1.807, 2.05) is 19.3 Å². The molecule has 1 unspecified atom stereocenters. The lowest BCUT2D eigenvalue weighted by Crippen LogP contribution is -2.19. The SMILES string of the molecule is C#C.CNC(/C=C\NCCN)c1ccc(F)cc1. The minimum absolute atomic E-state index is 0.0749. The van der Waals surface area contributed by atoms with E-state index >= 15 is 0 Å². The van der Waals surface area contributed by atoms with E-state index in [0.717, 1.165) is 12.1 Å². The molecule has 3 nitrogen and oxygen atoms in total. The molecule has 0 aliphatic carbocycles. The minimum atomic E-state index is -0.219. The largest absolute Gasteiger partial charge is 0.390 e. The summed E-state index contributed by atoms with van der Waals surface area (Å²) >= 11 is 0. The maximum Gasteiger partial charge on any atom is 0.123 e. The van der Waals surface area contributed by atoms with Gasteiger partial charge < -0.3 is 16.4 Å². The summed E-state index contributed by atoms with van der Waals surface area (Å²) in [6.45, 7) is 1.35. The Morgan fingerprint density at radius 3 is 2.44 bits per heavy atom. The Bertz CT molecular complexity index is 357. The van der Waals surface area contributed by atoms with Crippen LogP contribution < -0.4 is 16.4 Å². The molecule has 1 rings (SSSR count). The number of rotatable bonds is 6. The van der Waals surface area contributed by atoms with Crippen LogP contribution in [0.5, 0.6) is 0 Å². The van der Waals surface area contributed by atoms with Gasteiger partial charge in [-0.2, -0.15) is 0 Å². The van der Waals surface area contributed by atoms with Gasteiger partial charge in [0.25, 0.3) is 0 Å². The summed E-state index contributed by atoms with van der Waals surface area (Å²) in [5.74, 6) is -0.219. The first-order valence-corrected chi connectivity index (χ1v) is 5.64. The first-order chi connectivity index (χ1) is 8.77. The standard InChI is InChI=1S/C12H18FN3.C2H2/c1-15-12(6-8-16-9-7-14)10-2-4-11(13)5-3-10;1-2/h2-6,8,12,15-16H,7,9,14H2,1H3;1-2H/b8-6-;. The minimum Gasteiger partial charge on any atom is -0.390 e. The van der Waals surface area contributed by atoms with Crippen molar-refractivity contribution in [3.05, 3.63) is 47.9 Å². The van der Waals surface area contributed by atoms with Crippen molar-refractivity contribution in [1.29, 1.82) is 0 Å². The van der Waals surface area contributed by atoms with E-state index in [-0.39, 0.29) is 11.9 Å². The van der Waals surface area contributed by atoms with Crippen LogP contribution in [0.15, 0.2) is 36.5 Å². The molecule has 98 valence electrons. The Hall–Kier alpha value is -1.83. The molecule has 1 aromatic rings. The summed E-state index contributed by atoms with van der Waals surface area (Å²) in [6.07, 6.45) is 11.8. The van der Waals surface area contributed by atoms with Crippen molar-refractivity contribution in [1.82, 2.24) is 10.6 Å². The van der Waals surface area contributed by atoms with E-state index in [1.54, 1.807) is 12.1 Å². The summed E-state index contributed by atoms with van der Waals surface area (Å²) < 4.78 is 12.7. The van der Waals surface area contributed by atoms with Crippen LogP contribution in [0.1, 0.15) is 11.6 Å². The average Bonchev–Trinajstić information content (AvgIpc) is 2.43. The second kappa shape index (κ2) is 10.3. The summed E-state index contributed by atoms with van der Waals surface area (Å²) in [5, 5.41) is 6.20.